The molecule has 25 heavy (non-hydrogen) atoms. The van der Waals surface area contributed by atoms with Gasteiger partial charge in [-0.1, -0.05) is 18.2 Å². The number of hydrogen-bond donors (Lipinski definition) is 2. The fourth-order valence-electron chi connectivity index (χ4n) is 3.39. The highest BCUT2D eigenvalue weighted by atomic mass is 16.1. The maximum absolute atomic E-state index is 12.3. The Morgan fingerprint density at radius 1 is 1.24 bits per heavy atom. The lowest BCUT2D eigenvalue weighted by Crippen LogP contribution is -2.46. The molecule has 3 heterocycles. The van der Waals surface area contributed by atoms with Crippen LogP contribution >= 0.6 is 0 Å². The van der Waals surface area contributed by atoms with Crippen molar-refractivity contribution in [1.29, 1.82) is 0 Å². The molecule has 0 aliphatic carbocycles. The van der Waals surface area contributed by atoms with E-state index in [1.54, 1.807) is 6.20 Å². The van der Waals surface area contributed by atoms with Crippen molar-refractivity contribution >= 4 is 16.7 Å². The lowest BCUT2D eigenvalue weighted by molar-refractivity contribution is 0.419. The van der Waals surface area contributed by atoms with E-state index in [1.165, 1.54) is 0 Å². The van der Waals surface area contributed by atoms with E-state index >= 15 is 0 Å². The molecule has 0 radical (unpaired) electrons. The highest BCUT2D eigenvalue weighted by Crippen LogP contribution is 2.17. The maximum atomic E-state index is 12.3. The Bertz CT molecular complexity index is 908. The second kappa shape index (κ2) is 7.03. The molecular weight excluding hydrogens is 314 g/mol. The van der Waals surface area contributed by atoms with Crippen molar-refractivity contribution in [3.8, 4) is 0 Å². The van der Waals surface area contributed by atoms with Crippen LogP contribution < -0.4 is 15.8 Å². The Labute approximate surface area is 145 Å². The van der Waals surface area contributed by atoms with Gasteiger partial charge in [0, 0.05) is 43.0 Å². The molecule has 4 rings (SSSR count). The Hall–Kier alpha value is -2.73. The van der Waals surface area contributed by atoms with Crippen molar-refractivity contribution in [2.45, 2.75) is 25.4 Å². The number of para-hydroxylation sites is 1. The summed E-state index contributed by atoms with van der Waals surface area (Å²) in [6.45, 7) is 2.44. The summed E-state index contributed by atoms with van der Waals surface area (Å²) in [5, 5.41) is 12.8. The number of anilines is 1. The molecule has 2 N–H and O–H groups in total. The number of fused-ring (bicyclic) bond motifs is 1. The number of H-pyrrole nitrogens is 1. The first-order chi connectivity index (χ1) is 12.3. The van der Waals surface area contributed by atoms with Crippen LogP contribution in [0.5, 0.6) is 0 Å². The van der Waals surface area contributed by atoms with Crippen molar-refractivity contribution < 1.29 is 0 Å². The van der Waals surface area contributed by atoms with E-state index in [4.69, 9.17) is 0 Å². The third-order valence-corrected chi connectivity index (χ3v) is 4.72. The lowest BCUT2D eigenvalue weighted by Gasteiger charge is -2.33. The molecule has 0 unspecified atom stereocenters. The highest BCUT2D eigenvalue weighted by Gasteiger charge is 2.20. The number of aromatic amines is 1. The lowest BCUT2D eigenvalue weighted by atomic mass is 10.1. The first-order valence-electron chi connectivity index (χ1n) is 8.66. The van der Waals surface area contributed by atoms with Crippen LogP contribution in [0.15, 0.2) is 53.5 Å². The molecule has 1 aromatic carbocycles. The van der Waals surface area contributed by atoms with Gasteiger partial charge < -0.3 is 15.2 Å². The summed E-state index contributed by atoms with van der Waals surface area (Å²) in [6, 6.07) is 14.1. The van der Waals surface area contributed by atoms with Crippen molar-refractivity contribution in [1.82, 2.24) is 20.5 Å². The number of nitrogens with zero attached hydrogens (tertiary/aromatic N) is 3. The summed E-state index contributed by atoms with van der Waals surface area (Å²) in [7, 11) is 0. The van der Waals surface area contributed by atoms with Gasteiger partial charge in [-0.25, -0.2) is 0 Å². The third kappa shape index (κ3) is 3.53. The van der Waals surface area contributed by atoms with Crippen molar-refractivity contribution in [3.63, 3.8) is 0 Å². The first kappa shape index (κ1) is 15.8. The van der Waals surface area contributed by atoms with Crippen LogP contribution in [0.1, 0.15) is 18.4 Å². The fourth-order valence-corrected chi connectivity index (χ4v) is 3.39. The van der Waals surface area contributed by atoms with Crippen LogP contribution in [-0.2, 0) is 6.54 Å². The average molecular weight is 335 g/mol. The average Bonchev–Trinajstić information content (AvgIpc) is 2.67. The Morgan fingerprint density at radius 2 is 2.16 bits per heavy atom. The molecule has 6 nitrogen and oxygen atoms in total. The number of hydrogen-bond acceptors (Lipinski definition) is 5. The molecule has 1 aliphatic rings. The summed E-state index contributed by atoms with van der Waals surface area (Å²) >= 11 is 0. The van der Waals surface area contributed by atoms with Gasteiger partial charge in [0.1, 0.15) is 0 Å². The zero-order chi connectivity index (χ0) is 17.1. The number of nitrogens with one attached hydrogen (secondary N) is 2. The minimum Gasteiger partial charge on any atom is -0.354 e. The van der Waals surface area contributed by atoms with Gasteiger partial charge in [-0.2, -0.15) is 5.10 Å². The number of aromatic nitrogens is 3. The molecule has 1 fully saturated rings. The van der Waals surface area contributed by atoms with E-state index in [2.05, 4.69) is 25.4 Å². The summed E-state index contributed by atoms with van der Waals surface area (Å²) < 4.78 is 0. The Balaban J connectivity index is 1.44. The van der Waals surface area contributed by atoms with Crippen LogP contribution in [0.4, 0.5) is 5.82 Å². The van der Waals surface area contributed by atoms with E-state index in [0.29, 0.717) is 12.6 Å². The summed E-state index contributed by atoms with van der Waals surface area (Å²) in [5.74, 6) is 0.914. The standard InChI is InChI=1S/C19H21N5O/c25-19-15(11-14-5-1-2-7-17(14)22-19)12-20-16-6-4-10-24(13-16)18-8-3-9-21-23-18/h1-3,5,7-9,11,16,20H,4,6,10,12-13H2,(H,22,25)/t16-/m0/s1. The SMILES string of the molecule is O=c1[nH]c2ccccc2cc1CN[C@H]1CCCN(c2cccnn2)C1. The van der Waals surface area contributed by atoms with Gasteiger partial charge in [-0.05, 0) is 42.5 Å². The predicted octanol–water partition coefficient (Wildman–Crippen LogP) is 2.08. The Kier molecular flexibility index (Phi) is 4.43. The van der Waals surface area contributed by atoms with Crippen LogP contribution in [0.2, 0.25) is 0 Å². The van der Waals surface area contributed by atoms with Crippen LogP contribution in [-0.4, -0.2) is 34.3 Å². The van der Waals surface area contributed by atoms with Gasteiger partial charge in [0.15, 0.2) is 5.82 Å². The molecule has 1 aliphatic heterocycles. The van der Waals surface area contributed by atoms with Gasteiger partial charge in [0.05, 0.1) is 0 Å². The Morgan fingerprint density at radius 3 is 3.04 bits per heavy atom. The molecule has 0 bridgehead atoms. The largest absolute Gasteiger partial charge is 0.354 e. The zero-order valence-electron chi connectivity index (χ0n) is 14.0. The van der Waals surface area contributed by atoms with E-state index in [9.17, 15) is 4.79 Å². The molecule has 0 amide bonds. The number of pyridine rings is 1. The second-order valence-corrected chi connectivity index (χ2v) is 6.46. The molecule has 1 saturated heterocycles. The number of piperidine rings is 1. The van der Waals surface area contributed by atoms with Crippen molar-refractivity contribution in [2.75, 3.05) is 18.0 Å². The topological polar surface area (TPSA) is 73.9 Å². The van der Waals surface area contributed by atoms with Gasteiger partial charge in [0.2, 0.25) is 0 Å². The van der Waals surface area contributed by atoms with E-state index in [0.717, 1.165) is 48.2 Å². The van der Waals surface area contributed by atoms with Crippen molar-refractivity contribution in [3.05, 3.63) is 64.6 Å². The highest BCUT2D eigenvalue weighted by molar-refractivity contribution is 5.78. The van der Waals surface area contributed by atoms with E-state index < -0.39 is 0 Å². The van der Waals surface area contributed by atoms with Crippen molar-refractivity contribution in [2.24, 2.45) is 0 Å². The molecule has 3 aromatic rings. The minimum atomic E-state index is -0.0206. The summed E-state index contributed by atoms with van der Waals surface area (Å²) in [6.07, 6.45) is 3.89. The van der Waals surface area contributed by atoms with Gasteiger partial charge in [0.25, 0.3) is 5.56 Å². The van der Waals surface area contributed by atoms with Crippen LogP contribution in [0.3, 0.4) is 0 Å². The normalized spacial score (nSPS) is 17.8. The fraction of sp³-hybridized carbons (Fsp3) is 0.316. The molecule has 0 spiro atoms. The number of benzene rings is 1. The predicted molar refractivity (Wildman–Crippen MR) is 98.7 cm³/mol. The van der Waals surface area contributed by atoms with Crippen LogP contribution in [0.25, 0.3) is 10.9 Å². The first-order valence-corrected chi connectivity index (χ1v) is 8.66. The smallest absolute Gasteiger partial charge is 0.252 e. The molecule has 1 atom stereocenters. The summed E-state index contributed by atoms with van der Waals surface area (Å²) in [5.41, 5.74) is 1.63. The molecule has 2 aromatic heterocycles. The molecule has 0 saturated carbocycles. The molecule has 128 valence electrons. The summed E-state index contributed by atoms with van der Waals surface area (Å²) in [4.78, 5) is 17.5. The van der Waals surface area contributed by atoms with E-state index in [1.807, 2.05) is 42.5 Å². The third-order valence-electron chi connectivity index (χ3n) is 4.72. The second-order valence-electron chi connectivity index (χ2n) is 6.46. The van der Waals surface area contributed by atoms with Gasteiger partial charge in [-0.3, -0.25) is 4.79 Å². The van der Waals surface area contributed by atoms with Gasteiger partial charge >= 0.3 is 0 Å². The number of rotatable bonds is 4. The zero-order valence-corrected chi connectivity index (χ0v) is 14.0. The maximum Gasteiger partial charge on any atom is 0.252 e. The minimum absolute atomic E-state index is 0.0206. The molecular formula is C19H21N5O. The van der Waals surface area contributed by atoms with Crippen LogP contribution in [0, 0.1) is 0 Å². The monoisotopic (exact) mass is 335 g/mol. The quantitative estimate of drug-likeness (QED) is 0.764. The molecule has 6 heteroatoms. The van der Waals surface area contributed by atoms with E-state index in [-0.39, 0.29) is 5.56 Å². The van der Waals surface area contributed by atoms with Gasteiger partial charge in [-0.15, -0.1) is 5.10 Å².